The topological polar surface area (TPSA) is 78.7 Å². The molecular formula is C23H30N4O3. The molecule has 0 unspecified atom stereocenters. The van der Waals surface area contributed by atoms with Crippen LogP contribution in [0.25, 0.3) is 0 Å². The van der Waals surface area contributed by atoms with Crippen molar-refractivity contribution in [2.45, 2.75) is 25.8 Å². The van der Waals surface area contributed by atoms with E-state index in [-0.39, 0.29) is 17.6 Å². The van der Waals surface area contributed by atoms with Crippen molar-refractivity contribution in [2.75, 3.05) is 38.6 Å². The van der Waals surface area contributed by atoms with E-state index >= 15 is 0 Å². The van der Waals surface area contributed by atoms with Crippen molar-refractivity contribution in [3.63, 3.8) is 0 Å². The summed E-state index contributed by atoms with van der Waals surface area (Å²) >= 11 is 0. The molecule has 0 aromatic heterocycles. The number of benzene rings is 2. The summed E-state index contributed by atoms with van der Waals surface area (Å²) in [5.41, 5.74) is 1.99. The van der Waals surface area contributed by atoms with Crippen molar-refractivity contribution in [3.05, 3.63) is 69.8 Å². The van der Waals surface area contributed by atoms with Crippen LogP contribution in [0.1, 0.15) is 41.7 Å². The second kappa shape index (κ2) is 9.71. The molecule has 0 spiro atoms. The predicted octanol–water partition coefficient (Wildman–Crippen LogP) is 3.86. The summed E-state index contributed by atoms with van der Waals surface area (Å²) < 4.78 is 0. The van der Waals surface area contributed by atoms with E-state index in [2.05, 4.69) is 17.1 Å². The van der Waals surface area contributed by atoms with Crippen LogP contribution in [-0.2, 0) is 0 Å². The lowest BCUT2D eigenvalue weighted by Gasteiger charge is -2.31. The largest absolute Gasteiger partial charge is 0.366 e. The molecule has 160 valence electrons. The molecule has 3 rings (SSSR count). The van der Waals surface area contributed by atoms with Gasteiger partial charge in [0.1, 0.15) is 5.69 Å². The summed E-state index contributed by atoms with van der Waals surface area (Å²) in [5, 5.41) is 14.6. The first kappa shape index (κ1) is 21.8. The predicted molar refractivity (Wildman–Crippen MR) is 119 cm³/mol. The third-order valence-corrected chi connectivity index (χ3v) is 5.82. The van der Waals surface area contributed by atoms with Gasteiger partial charge in [-0.25, -0.2) is 0 Å². The number of likely N-dealkylation sites (N-methyl/N-ethyl adjacent to an activating group) is 1. The van der Waals surface area contributed by atoms with Gasteiger partial charge >= 0.3 is 0 Å². The lowest BCUT2D eigenvalue weighted by Crippen LogP contribution is -2.35. The Balaban J connectivity index is 1.74. The summed E-state index contributed by atoms with van der Waals surface area (Å²) in [4.78, 5) is 28.1. The molecule has 0 bridgehead atoms. The van der Waals surface area contributed by atoms with Crippen LogP contribution in [0.3, 0.4) is 0 Å². The molecule has 1 heterocycles. The Morgan fingerprint density at radius 2 is 1.87 bits per heavy atom. The van der Waals surface area contributed by atoms with Crippen LogP contribution in [0.2, 0.25) is 0 Å². The Kier molecular flexibility index (Phi) is 7.05. The van der Waals surface area contributed by atoms with Gasteiger partial charge in [-0.3, -0.25) is 14.9 Å². The number of hydrogen-bond donors (Lipinski definition) is 1. The number of nitro benzene ring substituents is 1. The number of hydrogen-bond acceptors (Lipinski definition) is 5. The zero-order valence-corrected chi connectivity index (χ0v) is 17.9. The van der Waals surface area contributed by atoms with Crippen LogP contribution >= 0.6 is 0 Å². The van der Waals surface area contributed by atoms with Gasteiger partial charge in [-0.1, -0.05) is 37.3 Å². The van der Waals surface area contributed by atoms with Crippen molar-refractivity contribution in [1.29, 1.82) is 0 Å². The molecule has 1 saturated heterocycles. The number of amides is 1. The fourth-order valence-electron chi connectivity index (χ4n) is 3.89. The SMILES string of the molecule is CC1CCN(c2ccc(C(=O)NC[C@H](c3ccccc3)N(C)C)cc2[N+](=O)[O-])CC1. The van der Waals surface area contributed by atoms with Gasteiger partial charge in [0, 0.05) is 31.3 Å². The second-order valence-corrected chi connectivity index (χ2v) is 8.23. The van der Waals surface area contributed by atoms with E-state index in [1.54, 1.807) is 12.1 Å². The first-order valence-corrected chi connectivity index (χ1v) is 10.4. The summed E-state index contributed by atoms with van der Waals surface area (Å²) in [6.45, 7) is 4.22. The van der Waals surface area contributed by atoms with Gasteiger partial charge in [0.15, 0.2) is 0 Å². The lowest BCUT2D eigenvalue weighted by atomic mass is 9.98. The minimum atomic E-state index is -0.392. The number of rotatable bonds is 7. The first-order chi connectivity index (χ1) is 14.4. The normalized spacial score (nSPS) is 15.8. The molecule has 1 amide bonds. The van der Waals surface area contributed by atoms with E-state index in [0.29, 0.717) is 23.7 Å². The summed E-state index contributed by atoms with van der Waals surface area (Å²) in [5.74, 6) is 0.333. The van der Waals surface area contributed by atoms with E-state index in [1.165, 1.54) is 6.07 Å². The van der Waals surface area contributed by atoms with Crippen molar-refractivity contribution >= 4 is 17.3 Å². The number of nitrogens with one attached hydrogen (secondary N) is 1. The highest BCUT2D eigenvalue weighted by Gasteiger charge is 2.25. The van der Waals surface area contributed by atoms with Gasteiger partial charge in [-0.15, -0.1) is 0 Å². The maximum absolute atomic E-state index is 12.7. The Bertz CT molecular complexity index is 877. The van der Waals surface area contributed by atoms with E-state index in [9.17, 15) is 14.9 Å². The number of nitro groups is 1. The number of nitrogens with zero attached hydrogens (tertiary/aromatic N) is 3. The maximum Gasteiger partial charge on any atom is 0.293 e. The summed E-state index contributed by atoms with van der Waals surface area (Å²) in [6.07, 6.45) is 2.04. The third-order valence-electron chi connectivity index (χ3n) is 5.82. The average Bonchev–Trinajstić information content (AvgIpc) is 2.74. The maximum atomic E-state index is 12.7. The van der Waals surface area contributed by atoms with Crippen molar-refractivity contribution in [1.82, 2.24) is 10.2 Å². The molecule has 1 fully saturated rings. The highest BCUT2D eigenvalue weighted by Crippen LogP contribution is 2.32. The molecule has 30 heavy (non-hydrogen) atoms. The molecule has 7 heteroatoms. The minimum absolute atomic E-state index is 0.00979. The molecule has 2 aromatic carbocycles. The average molecular weight is 411 g/mol. The van der Waals surface area contributed by atoms with Crippen LogP contribution in [0.5, 0.6) is 0 Å². The second-order valence-electron chi connectivity index (χ2n) is 8.23. The Morgan fingerprint density at radius 3 is 2.47 bits per heavy atom. The van der Waals surface area contributed by atoms with E-state index in [4.69, 9.17) is 0 Å². The zero-order valence-electron chi connectivity index (χ0n) is 17.9. The molecule has 1 aliphatic rings. The first-order valence-electron chi connectivity index (χ1n) is 10.4. The van der Waals surface area contributed by atoms with Crippen LogP contribution in [0.4, 0.5) is 11.4 Å². The highest BCUT2D eigenvalue weighted by atomic mass is 16.6. The fraction of sp³-hybridized carbons (Fsp3) is 0.435. The lowest BCUT2D eigenvalue weighted by molar-refractivity contribution is -0.384. The Hall–Kier alpha value is -2.93. The molecular weight excluding hydrogens is 380 g/mol. The van der Waals surface area contributed by atoms with Gasteiger partial charge in [0.2, 0.25) is 0 Å². The van der Waals surface area contributed by atoms with E-state index in [1.807, 2.05) is 49.3 Å². The monoisotopic (exact) mass is 410 g/mol. The quantitative estimate of drug-likeness (QED) is 0.554. The van der Waals surface area contributed by atoms with Crippen LogP contribution < -0.4 is 10.2 Å². The fourth-order valence-corrected chi connectivity index (χ4v) is 3.89. The van der Waals surface area contributed by atoms with Crippen molar-refractivity contribution < 1.29 is 9.72 Å². The highest BCUT2D eigenvalue weighted by molar-refractivity contribution is 5.95. The molecule has 0 saturated carbocycles. The van der Waals surface area contributed by atoms with Crippen LogP contribution in [0, 0.1) is 16.0 Å². The summed E-state index contributed by atoms with van der Waals surface area (Å²) in [7, 11) is 3.92. The number of piperidine rings is 1. The van der Waals surface area contributed by atoms with Crippen molar-refractivity contribution in [3.8, 4) is 0 Å². The molecule has 0 radical (unpaired) electrons. The van der Waals surface area contributed by atoms with Crippen LogP contribution in [0.15, 0.2) is 48.5 Å². The van der Waals surface area contributed by atoms with Gasteiger partial charge in [0.25, 0.3) is 11.6 Å². The Morgan fingerprint density at radius 1 is 1.20 bits per heavy atom. The molecule has 1 aliphatic heterocycles. The number of carbonyl (C=O) groups excluding carboxylic acids is 1. The van der Waals surface area contributed by atoms with Crippen LogP contribution in [-0.4, -0.2) is 49.5 Å². The van der Waals surface area contributed by atoms with E-state index < -0.39 is 4.92 Å². The minimum Gasteiger partial charge on any atom is -0.366 e. The smallest absolute Gasteiger partial charge is 0.293 e. The van der Waals surface area contributed by atoms with Gasteiger partial charge in [-0.2, -0.15) is 0 Å². The standard InChI is InChI=1S/C23H30N4O3/c1-17-11-13-26(14-12-17)20-10-9-19(15-21(20)27(29)30)23(28)24-16-22(25(2)3)18-7-5-4-6-8-18/h4-10,15,17,22H,11-14,16H2,1-3H3,(H,24,28)/t22-/m1/s1. The zero-order chi connectivity index (χ0) is 21.7. The number of anilines is 1. The summed E-state index contributed by atoms with van der Waals surface area (Å²) in [6, 6.07) is 14.8. The van der Waals surface area contributed by atoms with Gasteiger partial charge < -0.3 is 15.1 Å². The molecule has 0 aliphatic carbocycles. The Labute approximate surface area is 177 Å². The van der Waals surface area contributed by atoms with Gasteiger partial charge in [0.05, 0.1) is 11.0 Å². The van der Waals surface area contributed by atoms with Crippen molar-refractivity contribution in [2.24, 2.45) is 5.92 Å². The molecule has 1 atom stereocenters. The number of carbonyl (C=O) groups is 1. The molecule has 1 N–H and O–H groups in total. The third kappa shape index (κ3) is 5.16. The molecule has 7 nitrogen and oxygen atoms in total. The van der Waals surface area contributed by atoms with E-state index in [0.717, 1.165) is 31.5 Å². The molecule has 2 aromatic rings. The van der Waals surface area contributed by atoms with Gasteiger partial charge in [-0.05, 0) is 50.6 Å².